The molecule has 0 spiro atoms. The molecule has 0 bridgehead atoms. The maximum atomic E-state index is 12.2. The van der Waals surface area contributed by atoms with Crippen LogP contribution in [0.4, 0.5) is 13.2 Å². The molecule has 148 valence electrons. The van der Waals surface area contributed by atoms with Gasteiger partial charge in [-0.25, -0.2) is 0 Å². The van der Waals surface area contributed by atoms with Gasteiger partial charge < -0.3 is 10.6 Å². The van der Waals surface area contributed by atoms with Crippen molar-refractivity contribution in [3.8, 4) is 0 Å². The van der Waals surface area contributed by atoms with Gasteiger partial charge in [-0.3, -0.25) is 10.9 Å². The van der Waals surface area contributed by atoms with Crippen LogP contribution >= 0.6 is 24.4 Å². The van der Waals surface area contributed by atoms with E-state index in [1.165, 1.54) is 0 Å². The van der Waals surface area contributed by atoms with Crippen LogP contribution in [0.2, 0.25) is 0 Å². The van der Waals surface area contributed by atoms with Crippen molar-refractivity contribution in [3.05, 3.63) is 35.4 Å². The van der Waals surface area contributed by atoms with Crippen molar-refractivity contribution in [2.24, 2.45) is 10.2 Å². The summed E-state index contributed by atoms with van der Waals surface area (Å²) >= 11 is 9.87. The van der Waals surface area contributed by atoms with Crippen molar-refractivity contribution >= 4 is 46.1 Å². The number of aryl methyl sites for hydroxylation is 1. The molecule has 0 saturated carbocycles. The first-order valence-corrected chi connectivity index (χ1v) is 8.78. The molecule has 4 N–H and O–H groups in total. The van der Waals surface area contributed by atoms with Crippen LogP contribution in [-0.2, 0) is 0 Å². The molecule has 0 heterocycles. The molecule has 0 aliphatic carbocycles. The number of rotatable bonds is 6. The van der Waals surface area contributed by atoms with Gasteiger partial charge in [0.15, 0.2) is 10.2 Å². The van der Waals surface area contributed by atoms with Crippen molar-refractivity contribution in [1.29, 1.82) is 0 Å². The van der Waals surface area contributed by atoms with E-state index in [0.717, 1.165) is 11.1 Å². The van der Waals surface area contributed by atoms with Crippen molar-refractivity contribution in [1.82, 2.24) is 21.5 Å². The number of hydrogen-bond donors (Lipinski definition) is 4. The molecule has 0 radical (unpaired) electrons. The molecule has 0 aromatic heterocycles. The minimum Gasteiger partial charge on any atom is -0.362 e. The van der Waals surface area contributed by atoms with Crippen molar-refractivity contribution in [2.75, 3.05) is 13.1 Å². The van der Waals surface area contributed by atoms with E-state index in [0.29, 0.717) is 23.1 Å². The quantitative estimate of drug-likeness (QED) is 0.323. The lowest BCUT2D eigenvalue weighted by Gasteiger charge is -2.12. The van der Waals surface area contributed by atoms with E-state index < -0.39 is 12.7 Å². The van der Waals surface area contributed by atoms with E-state index in [1.807, 2.05) is 43.4 Å². The van der Waals surface area contributed by atoms with Crippen LogP contribution in [0, 0.1) is 6.92 Å². The van der Waals surface area contributed by atoms with E-state index in [2.05, 4.69) is 26.4 Å². The highest BCUT2D eigenvalue weighted by Gasteiger charge is 2.26. The minimum absolute atomic E-state index is 0.244. The second kappa shape index (κ2) is 10.8. The second-order valence-electron chi connectivity index (χ2n) is 5.40. The highest BCUT2D eigenvalue weighted by molar-refractivity contribution is 7.80. The number of nitrogens with one attached hydrogen (secondary N) is 4. The third-order valence-electron chi connectivity index (χ3n) is 3.05. The standard InChI is InChI=1S/C16H21F3N6S2/c1-4-20-14(26)25-23-13(12-7-5-10(2)6-8-12)11(3)22-24-15(27)21-9-16(17,18)19/h5-8H,4,9H2,1-3H3,(H2,20,25,26)(H2,21,24,27). The van der Waals surface area contributed by atoms with Gasteiger partial charge in [0, 0.05) is 12.1 Å². The summed E-state index contributed by atoms with van der Waals surface area (Å²) in [7, 11) is 0. The van der Waals surface area contributed by atoms with Gasteiger partial charge >= 0.3 is 6.18 Å². The maximum absolute atomic E-state index is 12.2. The number of benzene rings is 1. The van der Waals surface area contributed by atoms with Crippen LogP contribution in [-0.4, -0.2) is 40.9 Å². The van der Waals surface area contributed by atoms with E-state index in [9.17, 15) is 13.2 Å². The normalized spacial score (nSPS) is 12.4. The molecule has 0 aliphatic heterocycles. The monoisotopic (exact) mass is 418 g/mol. The topological polar surface area (TPSA) is 72.8 Å². The number of hydrazone groups is 2. The Labute approximate surface area is 166 Å². The van der Waals surface area contributed by atoms with Crippen LogP contribution in [0.25, 0.3) is 0 Å². The SMILES string of the molecule is CCNC(=S)NN=C(C(C)=NNC(=S)NCC(F)(F)F)c1ccc(C)cc1. The zero-order valence-corrected chi connectivity index (χ0v) is 16.7. The van der Waals surface area contributed by atoms with E-state index in [4.69, 9.17) is 24.4 Å². The van der Waals surface area contributed by atoms with Crippen LogP contribution in [0.1, 0.15) is 25.0 Å². The van der Waals surface area contributed by atoms with Crippen LogP contribution in [0.15, 0.2) is 34.5 Å². The summed E-state index contributed by atoms with van der Waals surface area (Å²) in [5.41, 5.74) is 7.78. The fourth-order valence-electron chi connectivity index (χ4n) is 1.78. The Morgan fingerprint density at radius 2 is 1.56 bits per heavy atom. The van der Waals surface area contributed by atoms with E-state index >= 15 is 0 Å². The zero-order chi connectivity index (χ0) is 20.4. The molecule has 1 aromatic carbocycles. The fraction of sp³-hybridized carbons (Fsp3) is 0.375. The molecular weight excluding hydrogens is 397 g/mol. The lowest BCUT2D eigenvalue weighted by Crippen LogP contribution is -2.39. The first kappa shape index (κ1) is 22.8. The largest absolute Gasteiger partial charge is 0.405 e. The van der Waals surface area contributed by atoms with Gasteiger partial charge in [-0.15, -0.1) is 0 Å². The number of halogens is 3. The zero-order valence-electron chi connectivity index (χ0n) is 15.1. The van der Waals surface area contributed by atoms with Crippen molar-refractivity contribution in [3.63, 3.8) is 0 Å². The molecule has 1 rings (SSSR count). The summed E-state index contributed by atoms with van der Waals surface area (Å²) in [5.74, 6) is 0. The first-order chi connectivity index (χ1) is 12.6. The lowest BCUT2D eigenvalue weighted by molar-refractivity contribution is -0.122. The number of nitrogens with zero attached hydrogens (tertiary/aromatic N) is 2. The molecule has 0 unspecified atom stereocenters. The Morgan fingerprint density at radius 3 is 2.11 bits per heavy atom. The highest BCUT2D eigenvalue weighted by atomic mass is 32.1. The molecule has 0 atom stereocenters. The summed E-state index contributed by atoms with van der Waals surface area (Å²) in [6.45, 7) is 4.88. The first-order valence-electron chi connectivity index (χ1n) is 7.96. The van der Waals surface area contributed by atoms with E-state index in [-0.39, 0.29) is 5.11 Å². The van der Waals surface area contributed by atoms with Gasteiger partial charge in [-0.1, -0.05) is 29.8 Å². The third-order valence-corrected chi connectivity index (χ3v) is 3.52. The summed E-state index contributed by atoms with van der Waals surface area (Å²) in [5, 5.41) is 13.3. The summed E-state index contributed by atoms with van der Waals surface area (Å²) in [4.78, 5) is 0. The maximum Gasteiger partial charge on any atom is 0.405 e. The van der Waals surface area contributed by atoms with Gasteiger partial charge in [-0.2, -0.15) is 23.4 Å². The van der Waals surface area contributed by atoms with E-state index in [1.54, 1.807) is 6.92 Å². The highest BCUT2D eigenvalue weighted by Crippen LogP contribution is 2.12. The van der Waals surface area contributed by atoms with Gasteiger partial charge in [-0.05, 0) is 45.2 Å². The molecule has 11 heteroatoms. The molecule has 1 aromatic rings. The Hall–Kier alpha value is -2.27. The van der Waals surface area contributed by atoms with Gasteiger partial charge in [0.05, 0.1) is 5.71 Å². The lowest BCUT2D eigenvalue weighted by atomic mass is 10.1. The molecule has 0 fully saturated rings. The van der Waals surface area contributed by atoms with Gasteiger partial charge in [0.25, 0.3) is 0 Å². The number of hydrogen-bond acceptors (Lipinski definition) is 4. The fourth-order valence-corrected chi connectivity index (χ4v) is 2.09. The number of alkyl halides is 3. The summed E-state index contributed by atoms with van der Waals surface area (Å²) in [6, 6.07) is 7.52. The third kappa shape index (κ3) is 9.29. The van der Waals surface area contributed by atoms with Crippen LogP contribution in [0.5, 0.6) is 0 Å². The van der Waals surface area contributed by atoms with Crippen LogP contribution in [0.3, 0.4) is 0 Å². The molecule has 6 nitrogen and oxygen atoms in total. The van der Waals surface area contributed by atoms with Gasteiger partial charge in [0.2, 0.25) is 0 Å². The average Bonchev–Trinajstić information content (AvgIpc) is 2.59. The van der Waals surface area contributed by atoms with Crippen molar-refractivity contribution < 1.29 is 13.2 Å². The Bertz CT molecular complexity index is 714. The van der Waals surface area contributed by atoms with Crippen molar-refractivity contribution in [2.45, 2.75) is 26.9 Å². The second-order valence-corrected chi connectivity index (χ2v) is 6.22. The summed E-state index contributed by atoms with van der Waals surface area (Å²) in [6.07, 6.45) is -4.37. The molecule has 0 amide bonds. The Balaban J connectivity index is 2.93. The summed E-state index contributed by atoms with van der Waals surface area (Å²) < 4.78 is 36.6. The van der Waals surface area contributed by atoms with Crippen LogP contribution < -0.4 is 21.5 Å². The molecule has 0 saturated heterocycles. The Morgan fingerprint density at radius 1 is 1.00 bits per heavy atom. The number of thiocarbonyl (C=S) groups is 2. The Kier molecular flexibility index (Phi) is 9.09. The predicted octanol–water partition coefficient (Wildman–Crippen LogP) is 2.59. The average molecular weight is 419 g/mol. The predicted molar refractivity (Wildman–Crippen MR) is 110 cm³/mol. The molecule has 27 heavy (non-hydrogen) atoms. The molecular formula is C16H21F3N6S2. The smallest absolute Gasteiger partial charge is 0.362 e. The minimum atomic E-state index is -4.37. The van der Waals surface area contributed by atoms with Gasteiger partial charge in [0.1, 0.15) is 12.3 Å². The molecule has 0 aliphatic rings.